The summed E-state index contributed by atoms with van der Waals surface area (Å²) < 4.78 is 37.2. The van der Waals surface area contributed by atoms with Gasteiger partial charge in [-0.05, 0) is 29.9 Å². The number of ketones is 1. The molecule has 1 aliphatic carbocycles. The number of carbonyl (C=O) groups is 1. The summed E-state index contributed by atoms with van der Waals surface area (Å²) in [6.45, 7) is 2.82. The number of aliphatic hydroxyl groups is 3. The highest BCUT2D eigenvalue weighted by molar-refractivity contribution is 6.11. The first-order chi connectivity index (χ1) is 18.2. The molecule has 3 fully saturated rings. The molecule has 8 atom stereocenters. The van der Waals surface area contributed by atoms with Crippen LogP contribution in [0.15, 0.2) is 6.07 Å². The molecule has 0 radical (unpaired) electrons. The third-order valence-electron chi connectivity index (χ3n) is 9.21. The third kappa shape index (κ3) is 2.46. The predicted molar refractivity (Wildman–Crippen MR) is 128 cm³/mol. The van der Waals surface area contributed by atoms with Gasteiger partial charge in [0, 0.05) is 31.3 Å². The zero-order valence-electron chi connectivity index (χ0n) is 21.4. The van der Waals surface area contributed by atoms with Gasteiger partial charge in [-0.3, -0.25) is 4.79 Å². The summed E-state index contributed by atoms with van der Waals surface area (Å²) in [6.07, 6.45) is -3.26. The van der Waals surface area contributed by atoms with Crippen molar-refractivity contribution in [2.75, 3.05) is 27.4 Å². The number of ether oxygens (including phenoxy) is 6. The maximum Gasteiger partial charge on any atom is 0.276 e. The second-order valence-corrected chi connectivity index (χ2v) is 10.9. The molecule has 4 N–H and O–H groups in total. The fourth-order valence-corrected chi connectivity index (χ4v) is 7.41. The van der Waals surface area contributed by atoms with Crippen molar-refractivity contribution in [2.24, 2.45) is 5.92 Å². The number of epoxide rings is 1. The minimum absolute atomic E-state index is 0.0142. The first kappa shape index (κ1) is 24.7. The minimum Gasteiger partial charge on any atom is -0.506 e. The fraction of sp³-hybridized carbons (Fsp3) is 0.593. The molecule has 11 heteroatoms. The van der Waals surface area contributed by atoms with Gasteiger partial charge in [-0.2, -0.15) is 0 Å². The maximum absolute atomic E-state index is 13.3. The highest BCUT2D eigenvalue weighted by Gasteiger charge is 2.92. The van der Waals surface area contributed by atoms with Gasteiger partial charge in [-0.15, -0.1) is 0 Å². The lowest BCUT2D eigenvalue weighted by atomic mass is 9.75. The fourth-order valence-electron chi connectivity index (χ4n) is 7.41. The molecule has 3 saturated heterocycles. The van der Waals surface area contributed by atoms with Crippen molar-refractivity contribution in [1.82, 2.24) is 0 Å². The van der Waals surface area contributed by atoms with Gasteiger partial charge in [0.2, 0.25) is 11.4 Å². The van der Waals surface area contributed by atoms with Crippen LogP contribution < -0.4 is 4.74 Å². The number of Topliss-reactive ketones (excluding diaryl/α,β-unsaturated/α-hetero) is 1. The number of hydrogen-bond donors (Lipinski definition) is 4. The van der Waals surface area contributed by atoms with Crippen LogP contribution >= 0.6 is 0 Å². The number of carbonyl (C=O) groups excluding carboxylic acids is 1. The Balaban J connectivity index is 1.54. The summed E-state index contributed by atoms with van der Waals surface area (Å²) in [5.41, 5.74) is 0.614. The number of rotatable bonds is 5. The molecule has 0 aromatic heterocycles. The van der Waals surface area contributed by atoms with Gasteiger partial charge in [0.15, 0.2) is 11.9 Å². The molecule has 4 heterocycles. The van der Waals surface area contributed by atoms with E-state index in [1.165, 1.54) is 14.2 Å². The van der Waals surface area contributed by atoms with Gasteiger partial charge >= 0.3 is 0 Å². The standard InChI is InChI=1S/C27H30O11/c1-10-5-12-13(7-28)17-14(30)6-11(2)20(31)19(17)21(32)18(12)22-16(10)23-24-27(34-4,36-22)25(9-35-25)26(37-23,38-24)15(8-29)33-3/h5,11,14-15,23-24,28-30,32H,6-9H2,1-4H3/t11-,14+,15?,23?,24?,25?,26?,27?/m1/s1. The van der Waals surface area contributed by atoms with Gasteiger partial charge in [0.25, 0.3) is 5.79 Å². The lowest BCUT2D eigenvalue weighted by molar-refractivity contribution is -0.313. The van der Waals surface area contributed by atoms with Crippen molar-refractivity contribution < 1.29 is 53.6 Å². The van der Waals surface area contributed by atoms with E-state index in [-0.39, 0.29) is 46.8 Å². The number of fused-ring (bicyclic) bond motifs is 8. The van der Waals surface area contributed by atoms with Crippen molar-refractivity contribution in [3.8, 4) is 11.5 Å². The van der Waals surface area contributed by atoms with Gasteiger partial charge in [-0.1, -0.05) is 13.0 Å². The van der Waals surface area contributed by atoms with Crippen LogP contribution in [0, 0.1) is 12.8 Å². The Hall–Kier alpha value is -2.35. The van der Waals surface area contributed by atoms with E-state index in [0.29, 0.717) is 16.5 Å². The molecule has 2 bridgehead atoms. The Morgan fingerprint density at radius 2 is 1.95 bits per heavy atom. The van der Waals surface area contributed by atoms with Crippen LogP contribution in [-0.4, -0.2) is 83.0 Å². The van der Waals surface area contributed by atoms with E-state index in [9.17, 15) is 25.2 Å². The summed E-state index contributed by atoms with van der Waals surface area (Å²) in [7, 11) is 2.90. The Morgan fingerprint density at radius 1 is 1.21 bits per heavy atom. The van der Waals surface area contributed by atoms with Crippen LogP contribution in [0.1, 0.15) is 58.2 Å². The monoisotopic (exact) mass is 530 g/mol. The summed E-state index contributed by atoms with van der Waals surface area (Å²) in [4.78, 5) is 13.3. The normalized spacial score (nSPS) is 38.9. The number of methoxy groups -OCH3 is 2. The van der Waals surface area contributed by atoms with Crippen LogP contribution in [0.5, 0.6) is 11.5 Å². The average molecular weight is 531 g/mol. The number of aromatic hydroxyl groups is 1. The van der Waals surface area contributed by atoms with Crippen LogP contribution in [0.25, 0.3) is 10.8 Å². The Labute approximate surface area is 217 Å². The maximum atomic E-state index is 13.3. The molecule has 0 amide bonds. The average Bonchev–Trinajstić information content (AvgIpc) is 3.56. The largest absolute Gasteiger partial charge is 0.506 e. The number of aliphatic hydroxyl groups excluding tert-OH is 3. The van der Waals surface area contributed by atoms with E-state index in [4.69, 9.17) is 28.4 Å². The van der Waals surface area contributed by atoms with E-state index < -0.39 is 60.7 Å². The van der Waals surface area contributed by atoms with Crippen molar-refractivity contribution >= 4 is 16.6 Å². The highest BCUT2D eigenvalue weighted by atomic mass is 16.9. The quantitative estimate of drug-likeness (QED) is 0.413. The molecule has 6 unspecified atom stereocenters. The number of benzene rings is 2. The lowest BCUT2D eigenvalue weighted by Crippen LogP contribution is -2.70. The molecule has 7 rings (SSSR count). The van der Waals surface area contributed by atoms with Gasteiger partial charge in [-0.25, -0.2) is 0 Å². The second kappa shape index (κ2) is 7.64. The minimum atomic E-state index is -1.52. The lowest BCUT2D eigenvalue weighted by Gasteiger charge is -2.49. The first-order valence-corrected chi connectivity index (χ1v) is 12.7. The van der Waals surface area contributed by atoms with E-state index in [1.807, 2.05) is 6.92 Å². The summed E-state index contributed by atoms with van der Waals surface area (Å²) in [6, 6.07) is 1.78. The van der Waals surface area contributed by atoms with Crippen molar-refractivity contribution in [3.63, 3.8) is 0 Å². The smallest absolute Gasteiger partial charge is 0.276 e. The van der Waals surface area contributed by atoms with Crippen molar-refractivity contribution in [2.45, 2.75) is 68.5 Å². The van der Waals surface area contributed by atoms with Crippen LogP contribution in [0.3, 0.4) is 0 Å². The Kier molecular flexibility index (Phi) is 4.96. The molecule has 204 valence electrons. The van der Waals surface area contributed by atoms with Crippen LogP contribution in [0.4, 0.5) is 0 Å². The SMILES string of the molecule is COC(CO)C12OC3c4c(C)cc5c(CO)c6c(c(O)c5c4OC(OC)(C3O1)C21CO1)C(=O)[C@H](C)C[C@@H]6O. The molecular formula is C27H30O11. The topological polar surface area (TPSA) is 157 Å². The molecule has 4 aliphatic heterocycles. The number of phenolic OH excluding ortho intramolecular Hbond substituents is 1. The summed E-state index contributed by atoms with van der Waals surface area (Å²) in [5, 5.41) is 43.7. The second-order valence-electron chi connectivity index (χ2n) is 10.9. The molecule has 5 aliphatic rings. The van der Waals surface area contributed by atoms with E-state index in [1.54, 1.807) is 13.0 Å². The molecule has 1 spiro atoms. The highest BCUT2D eigenvalue weighted by Crippen LogP contribution is 2.71. The zero-order valence-corrected chi connectivity index (χ0v) is 21.4. The van der Waals surface area contributed by atoms with Gasteiger partial charge in [0.05, 0.1) is 36.9 Å². The van der Waals surface area contributed by atoms with Gasteiger partial charge < -0.3 is 48.8 Å². The molecule has 2 aromatic rings. The Morgan fingerprint density at radius 3 is 2.55 bits per heavy atom. The molecule has 0 saturated carbocycles. The zero-order chi connectivity index (χ0) is 26.9. The van der Waals surface area contributed by atoms with Crippen LogP contribution in [0.2, 0.25) is 0 Å². The number of hydrogen-bond acceptors (Lipinski definition) is 11. The van der Waals surface area contributed by atoms with E-state index in [0.717, 1.165) is 5.56 Å². The van der Waals surface area contributed by atoms with E-state index in [2.05, 4.69) is 0 Å². The first-order valence-electron chi connectivity index (χ1n) is 12.7. The van der Waals surface area contributed by atoms with Gasteiger partial charge in [0.1, 0.15) is 23.7 Å². The van der Waals surface area contributed by atoms with Crippen LogP contribution in [-0.2, 0) is 30.3 Å². The number of phenols is 1. The number of aryl methyl sites for hydroxylation is 1. The molecule has 11 nitrogen and oxygen atoms in total. The third-order valence-corrected chi connectivity index (χ3v) is 9.21. The predicted octanol–water partition coefficient (Wildman–Crippen LogP) is 1.28. The van der Waals surface area contributed by atoms with Crippen molar-refractivity contribution in [1.29, 1.82) is 0 Å². The van der Waals surface area contributed by atoms with Crippen molar-refractivity contribution in [3.05, 3.63) is 33.9 Å². The molecule has 2 aromatic carbocycles. The summed E-state index contributed by atoms with van der Waals surface area (Å²) in [5.74, 6) is -3.97. The van der Waals surface area contributed by atoms with E-state index >= 15 is 0 Å². The Bertz CT molecular complexity index is 1400. The summed E-state index contributed by atoms with van der Waals surface area (Å²) >= 11 is 0. The molecule has 38 heavy (non-hydrogen) atoms. The molecular weight excluding hydrogens is 500 g/mol.